The van der Waals surface area contributed by atoms with E-state index < -0.39 is 46.2 Å². The zero-order valence-electron chi connectivity index (χ0n) is 18.0. The van der Waals surface area contributed by atoms with Gasteiger partial charge in [-0.3, -0.25) is 4.79 Å². The number of ether oxygens (including phenoxy) is 2. The largest absolute Gasteiger partial charge is 0.494 e. The van der Waals surface area contributed by atoms with E-state index in [-0.39, 0.29) is 23.6 Å². The summed E-state index contributed by atoms with van der Waals surface area (Å²) < 4.78 is 66.3. The second-order valence-electron chi connectivity index (χ2n) is 6.82. The van der Waals surface area contributed by atoms with Gasteiger partial charge in [-0.15, -0.1) is 0 Å². The molecule has 0 aliphatic rings. The van der Waals surface area contributed by atoms with Crippen LogP contribution in [-0.2, 0) is 15.7 Å². The van der Waals surface area contributed by atoms with Gasteiger partial charge in [0.25, 0.3) is 0 Å². The number of aromatic nitrogens is 1. The third kappa shape index (κ3) is 5.08. The molecule has 178 valence electrons. The summed E-state index contributed by atoms with van der Waals surface area (Å²) in [5.41, 5.74) is -2.01. The second-order valence-corrected chi connectivity index (χ2v) is 6.82. The second kappa shape index (κ2) is 9.77. The van der Waals surface area contributed by atoms with E-state index in [1.807, 2.05) is 0 Å². The highest BCUT2D eigenvalue weighted by Gasteiger charge is 2.40. The van der Waals surface area contributed by atoms with Crippen molar-refractivity contribution in [2.75, 3.05) is 24.4 Å². The van der Waals surface area contributed by atoms with Crippen molar-refractivity contribution < 1.29 is 36.6 Å². The summed E-state index contributed by atoms with van der Waals surface area (Å²) in [5.74, 6) is -3.03. The van der Waals surface area contributed by atoms with Gasteiger partial charge in [0.05, 0.1) is 30.5 Å². The third-order valence-corrected chi connectivity index (χ3v) is 4.62. The predicted molar refractivity (Wildman–Crippen MR) is 118 cm³/mol. The maximum atomic E-state index is 14.1. The number of hydrogen-bond donors (Lipinski definition) is 2. The molecule has 0 aliphatic heterocycles. The molecule has 2 N–H and O–H groups in total. The Kier molecular flexibility index (Phi) is 7.04. The normalized spacial score (nSPS) is 11.1. The quantitative estimate of drug-likeness (QED) is 0.267. The molecule has 1 amide bonds. The molecule has 3 rings (SSSR count). The topological polar surface area (TPSA) is 89.6 Å². The molecule has 0 spiro atoms. The Morgan fingerprint density at radius 2 is 1.91 bits per heavy atom. The summed E-state index contributed by atoms with van der Waals surface area (Å²) >= 11 is 0. The van der Waals surface area contributed by atoms with E-state index in [0.29, 0.717) is 11.8 Å². The van der Waals surface area contributed by atoms with E-state index >= 15 is 0 Å². The van der Waals surface area contributed by atoms with Crippen molar-refractivity contribution in [3.63, 3.8) is 0 Å². The summed E-state index contributed by atoms with van der Waals surface area (Å²) in [4.78, 5) is 28.3. The Bertz CT molecular complexity index is 1280. The van der Waals surface area contributed by atoms with Crippen LogP contribution in [0, 0.1) is 5.82 Å². The average molecular weight is 477 g/mol. The van der Waals surface area contributed by atoms with Crippen LogP contribution in [0.4, 0.5) is 34.8 Å². The van der Waals surface area contributed by atoms with E-state index in [4.69, 9.17) is 9.47 Å². The van der Waals surface area contributed by atoms with Crippen LogP contribution < -0.4 is 15.4 Å². The lowest BCUT2D eigenvalue weighted by atomic mass is 10.0. The highest BCUT2D eigenvalue weighted by atomic mass is 19.4. The molecule has 0 saturated carbocycles. The third-order valence-electron chi connectivity index (χ3n) is 4.62. The first-order valence-corrected chi connectivity index (χ1v) is 9.85. The number of rotatable bonds is 7. The number of anilines is 3. The monoisotopic (exact) mass is 477 g/mol. The summed E-state index contributed by atoms with van der Waals surface area (Å²) in [7, 11) is 1.31. The number of pyridine rings is 1. The molecule has 2 aromatic carbocycles. The summed E-state index contributed by atoms with van der Waals surface area (Å²) in [6.07, 6.45) is -3.97. The van der Waals surface area contributed by atoms with Gasteiger partial charge in [0.15, 0.2) is 0 Å². The predicted octanol–water partition coefficient (Wildman–Crippen LogP) is 5.45. The van der Waals surface area contributed by atoms with E-state index in [2.05, 4.69) is 22.2 Å². The SMILES string of the molecule is C=CC(=O)Nc1ccc(Nc2nc3ccc(F)cc3c(C(F)(F)F)c2C(=O)OCC)c(OC)c1. The molecule has 0 saturated heterocycles. The number of alkyl halides is 3. The number of nitrogens with one attached hydrogen (secondary N) is 2. The Labute approximate surface area is 191 Å². The van der Waals surface area contributed by atoms with Gasteiger partial charge in [-0.25, -0.2) is 14.2 Å². The molecule has 0 atom stereocenters. The van der Waals surface area contributed by atoms with Crippen molar-refractivity contribution >= 4 is 40.0 Å². The number of benzene rings is 2. The molecule has 1 heterocycles. The standard InChI is InChI=1S/C23H19F4N3O4/c1-4-18(31)28-13-7-9-16(17(11-13)33-3)30-21-19(22(32)34-5-2)20(23(25,26)27)14-10-12(24)6-8-15(14)29-21/h4,6-11H,1,5H2,2-3H3,(H,28,31)(H,29,30). The molecule has 11 heteroatoms. The van der Waals surface area contributed by atoms with Crippen LogP contribution in [0.15, 0.2) is 49.1 Å². The van der Waals surface area contributed by atoms with Crippen molar-refractivity contribution in [2.45, 2.75) is 13.1 Å². The summed E-state index contributed by atoms with van der Waals surface area (Å²) in [6.45, 7) is 4.59. The van der Waals surface area contributed by atoms with Crippen molar-refractivity contribution in [3.8, 4) is 5.75 Å². The van der Waals surface area contributed by atoms with Crippen LogP contribution in [0.3, 0.4) is 0 Å². The number of carbonyl (C=O) groups excluding carboxylic acids is 2. The fourth-order valence-electron chi connectivity index (χ4n) is 3.22. The van der Waals surface area contributed by atoms with Gasteiger partial charge < -0.3 is 20.1 Å². The number of carbonyl (C=O) groups is 2. The minimum absolute atomic E-state index is 0.131. The van der Waals surface area contributed by atoms with Gasteiger partial charge in [0.1, 0.15) is 22.9 Å². The van der Waals surface area contributed by atoms with Crippen LogP contribution >= 0.6 is 0 Å². The lowest BCUT2D eigenvalue weighted by Crippen LogP contribution is -2.19. The number of hydrogen-bond acceptors (Lipinski definition) is 6. The average Bonchev–Trinajstić information content (AvgIpc) is 2.78. The fourth-order valence-corrected chi connectivity index (χ4v) is 3.22. The number of methoxy groups -OCH3 is 1. The van der Waals surface area contributed by atoms with Gasteiger partial charge in [-0.2, -0.15) is 13.2 Å². The van der Waals surface area contributed by atoms with Crippen molar-refractivity contribution in [1.29, 1.82) is 0 Å². The highest BCUT2D eigenvalue weighted by Crippen LogP contribution is 2.41. The maximum absolute atomic E-state index is 14.1. The van der Waals surface area contributed by atoms with Crippen LogP contribution in [0.5, 0.6) is 5.75 Å². The molecule has 0 radical (unpaired) electrons. The van der Waals surface area contributed by atoms with Crippen molar-refractivity contribution in [1.82, 2.24) is 4.98 Å². The molecule has 0 bridgehead atoms. The minimum atomic E-state index is -5.03. The zero-order valence-corrected chi connectivity index (χ0v) is 18.0. The molecular formula is C23H19F4N3O4. The highest BCUT2D eigenvalue weighted by molar-refractivity contribution is 6.03. The number of nitrogens with zero attached hydrogens (tertiary/aromatic N) is 1. The van der Waals surface area contributed by atoms with Gasteiger partial charge >= 0.3 is 12.1 Å². The van der Waals surface area contributed by atoms with E-state index in [9.17, 15) is 27.2 Å². The van der Waals surface area contributed by atoms with E-state index in [0.717, 1.165) is 18.2 Å². The summed E-state index contributed by atoms with van der Waals surface area (Å²) in [6, 6.07) is 6.98. The first-order chi connectivity index (χ1) is 16.1. The van der Waals surface area contributed by atoms with Gasteiger partial charge in [0.2, 0.25) is 5.91 Å². The van der Waals surface area contributed by atoms with E-state index in [1.165, 1.54) is 32.2 Å². The Balaban J connectivity index is 2.23. The number of halogens is 4. The fraction of sp³-hybridized carbons (Fsp3) is 0.174. The molecule has 3 aromatic rings. The smallest absolute Gasteiger partial charge is 0.418 e. The van der Waals surface area contributed by atoms with Gasteiger partial charge in [-0.1, -0.05) is 6.58 Å². The van der Waals surface area contributed by atoms with Gasteiger partial charge in [-0.05, 0) is 43.3 Å². The lowest BCUT2D eigenvalue weighted by molar-refractivity contribution is -0.136. The Morgan fingerprint density at radius 1 is 1.18 bits per heavy atom. The first-order valence-electron chi connectivity index (χ1n) is 9.85. The Morgan fingerprint density at radius 3 is 2.53 bits per heavy atom. The molecular weight excluding hydrogens is 458 g/mol. The van der Waals surface area contributed by atoms with Crippen LogP contribution in [-0.4, -0.2) is 30.6 Å². The first kappa shape index (κ1) is 24.5. The molecule has 0 unspecified atom stereocenters. The van der Waals surface area contributed by atoms with Gasteiger partial charge in [0, 0.05) is 17.1 Å². The molecule has 34 heavy (non-hydrogen) atoms. The zero-order chi connectivity index (χ0) is 25.0. The molecule has 0 fully saturated rings. The number of fused-ring (bicyclic) bond motifs is 1. The number of esters is 1. The lowest BCUT2D eigenvalue weighted by Gasteiger charge is -2.20. The van der Waals surface area contributed by atoms with Crippen molar-refractivity contribution in [3.05, 3.63) is 66.0 Å². The molecule has 1 aromatic heterocycles. The van der Waals surface area contributed by atoms with Crippen molar-refractivity contribution in [2.24, 2.45) is 0 Å². The molecule has 7 nitrogen and oxygen atoms in total. The number of amides is 1. The van der Waals surface area contributed by atoms with Crippen LogP contribution in [0.2, 0.25) is 0 Å². The van der Waals surface area contributed by atoms with Crippen LogP contribution in [0.25, 0.3) is 10.9 Å². The maximum Gasteiger partial charge on any atom is 0.418 e. The summed E-state index contributed by atoms with van der Waals surface area (Å²) in [5, 5.41) is 4.62. The Hall–Kier alpha value is -4.15. The van der Waals surface area contributed by atoms with Crippen LogP contribution in [0.1, 0.15) is 22.8 Å². The molecule has 0 aliphatic carbocycles. The minimum Gasteiger partial charge on any atom is -0.494 e. The van der Waals surface area contributed by atoms with E-state index in [1.54, 1.807) is 0 Å².